The fourth-order valence-electron chi connectivity index (χ4n) is 1.03. The molecule has 0 spiro atoms. The van der Waals surface area contributed by atoms with Gasteiger partial charge in [-0.1, -0.05) is 0 Å². The van der Waals surface area contributed by atoms with Crippen molar-refractivity contribution in [2.45, 2.75) is 12.6 Å². The minimum absolute atomic E-state index is 0.682. The molecule has 2 heterocycles. The maximum absolute atomic E-state index is 9.20. The Hall–Kier alpha value is -1.16. The van der Waals surface area contributed by atoms with Crippen molar-refractivity contribution in [1.29, 1.82) is 0 Å². The van der Waals surface area contributed by atoms with Crippen molar-refractivity contribution in [2.24, 2.45) is 9.98 Å². The third kappa shape index (κ3) is 0.657. The van der Waals surface area contributed by atoms with E-state index in [0.717, 1.165) is 11.4 Å². The highest BCUT2D eigenvalue weighted by Gasteiger charge is 2.19. The number of nitrogens with zero attached hydrogens (tertiary/aromatic N) is 2. The SMILES string of the molecule is OC1N=CNC2=C1CC=N2. The van der Waals surface area contributed by atoms with E-state index >= 15 is 0 Å². The molecule has 0 aromatic rings. The van der Waals surface area contributed by atoms with Gasteiger partial charge in [0.05, 0.1) is 6.34 Å². The molecule has 2 aliphatic heterocycles. The highest BCUT2D eigenvalue weighted by atomic mass is 16.3. The fourth-order valence-corrected chi connectivity index (χ4v) is 1.03. The topological polar surface area (TPSA) is 57.0 Å². The molecular weight excluding hydrogens is 130 g/mol. The lowest BCUT2D eigenvalue weighted by molar-refractivity contribution is 0.217. The van der Waals surface area contributed by atoms with Gasteiger partial charge >= 0.3 is 0 Å². The predicted molar refractivity (Wildman–Crippen MR) is 37.8 cm³/mol. The second kappa shape index (κ2) is 1.91. The zero-order chi connectivity index (χ0) is 6.97. The Morgan fingerprint density at radius 1 is 1.70 bits per heavy atom. The van der Waals surface area contributed by atoms with Crippen molar-refractivity contribution in [3.63, 3.8) is 0 Å². The van der Waals surface area contributed by atoms with Crippen LogP contribution in [0.3, 0.4) is 0 Å². The molecule has 2 rings (SSSR count). The van der Waals surface area contributed by atoms with Crippen LogP contribution >= 0.6 is 0 Å². The van der Waals surface area contributed by atoms with Crippen LogP contribution < -0.4 is 5.32 Å². The molecule has 52 valence electrons. The molecule has 4 heteroatoms. The number of aliphatic hydroxyl groups excluding tert-OH is 1. The maximum atomic E-state index is 9.20. The summed E-state index contributed by atoms with van der Waals surface area (Å²) >= 11 is 0. The lowest BCUT2D eigenvalue weighted by atomic mass is 10.2. The maximum Gasteiger partial charge on any atom is 0.173 e. The van der Waals surface area contributed by atoms with Crippen LogP contribution in [0.1, 0.15) is 6.42 Å². The van der Waals surface area contributed by atoms with E-state index in [0.29, 0.717) is 6.42 Å². The van der Waals surface area contributed by atoms with Gasteiger partial charge in [-0.05, 0) is 0 Å². The second-order valence-electron chi connectivity index (χ2n) is 2.19. The van der Waals surface area contributed by atoms with Crippen LogP contribution in [0.2, 0.25) is 0 Å². The first-order valence-electron chi connectivity index (χ1n) is 3.10. The van der Waals surface area contributed by atoms with Crippen molar-refractivity contribution in [1.82, 2.24) is 5.32 Å². The molecule has 0 saturated carbocycles. The molecule has 4 nitrogen and oxygen atoms in total. The summed E-state index contributed by atoms with van der Waals surface area (Å²) in [7, 11) is 0. The van der Waals surface area contributed by atoms with Gasteiger partial charge in [0.1, 0.15) is 5.82 Å². The Balaban J connectivity index is 2.31. The Kier molecular flexibility index (Phi) is 1.07. The molecule has 0 aliphatic carbocycles. The Morgan fingerprint density at radius 2 is 2.60 bits per heavy atom. The lowest BCUT2D eigenvalue weighted by Gasteiger charge is -2.13. The summed E-state index contributed by atoms with van der Waals surface area (Å²) < 4.78 is 0. The summed E-state index contributed by atoms with van der Waals surface area (Å²) in [6.07, 6.45) is 3.25. The zero-order valence-corrected chi connectivity index (χ0v) is 5.28. The number of hydrogen-bond acceptors (Lipinski definition) is 4. The van der Waals surface area contributed by atoms with Gasteiger partial charge in [-0.25, -0.2) is 9.98 Å². The molecule has 0 radical (unpaired) electrons. The van der Waals surface area contributed by atoms with Crippen molar-refractivity contribution in [3.05, 3.63) is 11.4 Å². The normalized spacial score (nSPS) is 28.7. The first-order valence-corrected chi connectivity index (χ1v) is 3.10. The molecule has 0 bridgehead atoms. The zero-order valence-electron chi connectivity index (χ0n) is 5.28. The summed E-state index contributed by atoms with van der Waals surface area (Å²) in [5, 5.41) is 12.0. The van der Waals surface area contributed by atoms with Crippen LogP contribution in [0.4, 0.5) is 0 Å². The van der Waals surface area contributed by atoms with Crippen molar-refractivity contribution >= 4 is 12.6 Å². The van der Waals surface area contributed by atoms with Gasteiger partial charge < -0.3 is 10.4 Å². The standard InChI is InChI=1S/C6H7N3O/c10-6-4-1-2-7-5(4)8-3-9-6/h2-3,6,10H,1H2,(H,8,9). The van der Waals surface area contributed by atoms with Gasteiger partial charge in [0.25, 0.3) is 0 Å². The quantitative estimate of drug-likeness (QED) is 0.478. The van der Waals surface area contributed by atoms with Crippen LogP contribution in [0.25, 0.3) is 0 Å². The number of hydrogen-bond donors (Lipinski definition) is 2. The van der Waals surface area contributed by atoms with Crippen LogP contribution in [0.5, 0.6) is 0 Å². The number of aliphatic hydroxyl groups is 1. The smallest absolute Gasteiger partial charge is 0.173 e. The Labute approximate surface area is 58.0 Å². The first-order chi connectivity index (χ1) is 4.88. The van der Waals surface area contributed by atoms with Crippen LogP contribution in [0.15, 0.2) is 21.4 Å². The lowest BCUT2D eigenvalue weighted by Crippen LogP contribution is -2.22. The summed E-state index contributed by atoms with van der Waals surface area (Å²) in [5.74, 6) is 0.752. The third-order valence-corrected chi connectivity index (χ3v) is 1.56. The number of nitrogens with one attached hydrogen (secondary N) is 1. The van der Waals surface area contributed by atoms with Gasteiger partial charge in [-0.2, -0.15) is 0 Å². The molecule has 0 saturated heterocycles. The largest absolute Gasteiger partial charge is 0.368 e. The van der Waals surface area contributed by atoms with Gasteiger partial charge in [-0.15, -0.1) is 0 Å². The third-order valence-electron chi connectivity index (χ3n) is 1.56. The van der Waals surface area contributed by atoms with Crippen LogP contribution in [-0.4, -0.2) is 23.9 Å². The molecule has 1 unspecified atom stereocenters. The summed E-state index contributed by atoms with van der Waals surface area (Å²) in [5.41, 5.74) is 0.863. The number of aliphatic imine (C=N–C) groups is 2. The van der Waals surface area contributed by atoms with Gasteiger partial charge in [0.15, 0.2) is 6.23 Å². The molecule has 0 aromatic carbocycles. The van der Waals surface area contributed by atoms with Crippen molar-refractivity contribution in [2.75, 3.05) is 0 Å². The fraction of sp³-hybridized carbons (Fsp3) is 0.333. The number of rotatable bonds is 0. The highest BCUT2D eigenvalue weighted by Crippen LogP contribution is 2.19. The van der Waals surface area contributed by atoms with Gasteiger partial charge in [0.2, 0.25) is 0 Å². The summed E-state index contributed by atoms with van der Waals surface area (Å²) in [6.45, 7) is 0. The Morgan fingerprint density at radius 3 is 3.40 bits per heavy atom. The van der Waals surface area contributed by atoms with Crippen LogP contribution in [0, 0.1) is 0 Å². The van der Waals surface area contributed by atoms with Crippen LogP contribution in [-0.2, 0) is 0 Å². The van der Waals surface area contributed by atoms with Crippen molar-refractivity contribution in [3.8, 4) is 0 Å². The molecule has 0 aromatic heterocycles. The Bertz CT molecular complexity index is 241. The van der Waals surface area contributed by atoms with E-state index in [1.54, 1.807) is 6.21 Å². The van der Waals surface area contributed by atoms with E-state index in [1.807, 2.05) is 0 Å². The van der Waals surface area contributed by atoms with E-state index in [9.17, 15) is 5.11 Å². The molecule has 2 N–H and O–H groups in total. The van der Waals surface area contributed by atoms with Gasteiger partial charge in [0, 0.05) is 18.2 Å². The van der Waals surface area contributed by atoms with E-state index in [2.05, 4.69) is 15.3 Å². The molecule has 10 heavy (non-hydrogen) atoms. The van der Waals surface area contributed by atoms with E-state index in [1.165, 1.54) is 6.34 Å². The average Bonchev–Trinajstić information content (AvgIpc) is 2.36. The minimum atomic E-state index is -0.682. The van der Waals surface area contributed by atoms with Crippen molar-refractivity contribution < 1.29 is 5.11 Å². The molecule has 1 atom stereocenters. The second-order valence-corrected chi connectivity index (χ2v) is 2.19. The molecule has 0 amide bonds. The predicted octanol–water partition coefficient (Wildman–Crippen LogP) is -0.378. The highest BCUT2D eigenvalue weighted by molar-refractivity contribution is 5.72. The first kappa shape index (κ1) is 5.61. The van der Waals surface area contributed by atoms with E-state index in [4.69, 9.17) is 0 Å². The minimum Gasteiger partial charge on any atom is -0.368 e. The average molecular weight is 137 g/mol. The molecular formula is C6H7N3O. The van der Waals surface area contributed by atoms with Gasteiger partial charge in [-0.3, -0.25) is 0 Å². The summed E-state index contributed by atoms with van der Waals surface area (Å²) in [4.78, 5) is 7.75. The molecule has 0 fully saturated rings. The van der Waals surface area contributed by atoms with E-state index < -0.39 is 6.23 Å². The summed E-state index contributed by atoms with van der Waals surface area (Å²) in [6, 6.07) is 0. The van der Waals surface area contributed by atoms with E-state index in [-0.39, 0.29) is 0 Å². The monoisotopic (exact) mass is 137 g/mol. The molecule has 2 aliphatic rings.